The van der Waals surface area contributed by atoms with Crippen molar-refractivity contribution in [1.29, 1.82) is 0 Å². The Morgan fingerprint density at radius 2 is 1.77 bits per heavy atom. The van der Waals surface area contributed by atoms with Crippen LogP contribution in [0.5, 0.6) is 17.2 Å². The van der Waals surface area contributed by atoms with Crippen LogP contribution in [0.1, 0.15) is 39.8 Å². The second kappa shape index (κ2) is 10.5. The minimum absolute atomic E-state index is 0.167. The van der Waals surface area contributed by atoms with Crippen LogP contribution in [0.3, 0.4) is 0 Å². The van der Waals surface area contributed by atoms with Crippen LogP contribution in [0, 0.1) is 6.92 Å². The minimum Gasteiger partial charge on any atom is -0.493 e. The van der Waals surface area contributed by atoms with Gasteiger partial charge in [0.05, 0.1) is 17.5 Å². The number of carbonyl (C=O) groups is 1. The predicted octanol–water partition coefficient (Wildman–Crippen LogP) is 5.66. The number of methoxy groups -OCH3 is 1. The summed E-state index contributed by atoms with van der Waals surface area (Å²) in [4.78, 5) is 13.8. The van der Waals surface area contributed by atoms with Gasteiger partial charge in [-0.25, -0.2) is 12.4 Å². The summed E-state index contributed by atoms with van der Waals surface area (Å²) < 4.78 is 47.1. The SMILES string of the molecule is COc1cc([C@@H]2Oc3ccc4c5c(cn4S(=O)(=O)c4ccc(C)cc4)CCNC(=O)[C@@H]2c35)ccc1OCc1ccccc1. The summed E-state index contributed by atoms with van der Waals surface area (Å²) in [5.41, 5.74) is 4.84. The third-order valence-electron chi connectivity index (χ3n) is 8.19. The minimum atomic E-state index is -3.87. The van der Waals surface area contributed by atoms with E-state index in [-0.39, 0.29) is 10.8 Å². The zero-order valence-electron chi connectivity index (χ0n) is 23.7. The first-order valence-electron chi connectivity index (χ1n) is 14.1. The van der Waals surface area contributed by atoms with Gasteiger partial charge in [-0.2, -0.15) is 0 Å². The number of benzene rings is 4. The number of amides is 1. The maximum atomic E-state index is 13.8. The zero-order valence-corrected chi connectivity index (χ0v) is 24.6. The molecule has 0 saturated carbocycles. The van der Waals surface area contributed by atoms with Gasteiger partial charge in [-0.1, -0.05) is 54.1 Å². The third-order valence-corrected chi connectivity index (χ3v) is 9.88. The van der Waals surface area contributed by atoms with Crippen molar-refractivity contribution in [2.24, 2.45) is 0 Å². The van der Waals surface area contributed by atoms with Gasteiger partial charge >= 0.3 is 0 Å². The largest absolute Gasteiger partial charge is 0.493 e. The molecule has 5 aromatic rings. The average Bonchev–Trinajstić information content (AvgIpc) is 3.59. The molecule has 8 nitrogen and oxygen atoms in total. The summed E-state index contributed by atoms with van der Waals surface area (Å²) in [7, 11) is -2.30. The third kappa shape index (κ3) is 4.60. The van der Waals surface area contributed by atoms with Gasteiger partial charge in [0.15, 0.2) is 11.5 Å². The van der Waals surface area contributed by atoms with Gasteiger partial charge in [-0.05, 0) is 66.4 Å². The zero-order chi connectivity index (χ0) is 29.7. The lowest BCUT2D eigenvalue weighted by Crippen LogP contribution is -2.34. The molecule has 0 unspecified atom stereocenters. The Labute approximate surface area is 249 Å². The Morgan fingerprint density at radius 3 is 2.53 bits per heavy atom. The summed E-state index contributed by atoms with van der Waals surface area (Å²) in [6.07, 6.45) is 1.54. The van der Waals surface area contributed by atoms with Gasteiger partial charge in [0.2, 0.25) is 5.91 Å². The molecule has 0 bridgehead atoms. The first kappa shape index (κ1) is 27.1. The highest BCUT2D eigenvalue weighted by molar-refractivity contribution is 7.90. The van der Waals surface area contributed by atoms with Crippen LogP contribution >= 0.6 is 0 Å². The number of aryl methyl sites for hydroxylation is 1. The van der Waals surface area contributed by atoms with Crippen molar-refractivity contribution in [3.8, 4) is 17.2 Å². The van der Waals surface area contributed by atoms with Crippen molar-refractivity contribution in [2.45, 2.75) is 36.9 Å². The van der Waals surface area contributed by atoms with Gasteiger partial charge in [0, 0.05) is 23.7 Å². The Balaban J connectivity index is 1.29. The van der Waals surface area contributed by atoms with E-state index in [4.69, 9.17) is 14.2 Å². The Morgan fingerprint density at radius 1 is 0.977 bits per heavy atom. The normalized spacial score (nSPS) is 17.6. The molecule has 2 aliphatic rings. The smallest absolute Gasteiger partial charge is 0.268 e. The van der Waals surface area contributed by atoms with Crippen molar-refractivity contribution in [3.63, 3.8) is 0 Å². The van der Waals surface area contributed by atoms with E-state index in [9.17, 15) is 13.2 Å². The molecule has 1 N–H and O–H groups in total. The number of ether oxygens (including phenoxy) is 3. The molecular weight excluding hydrogens is 564 g/mol. The van der Waals surface area contributed by atoms with Crippen LogP contribution in [-0.4, -0.2) is 32.0 Å². The quantitative estimate of drug-likeness (QED) is 0.261. The first-order chi connectivity index (χ1) is 20.8. The van der Waals surface area contributed by atoms with Gasteiger partial charge in [-0.15, -0.1) is 0 Å². The molecule has 218 valence electrons. The van der Waals surface area contributed by atoms with E-state index in [0.29, 0.717) is 47.9 Å². The number of hydrogen-bond acceptors (Lipinski definition) is 6. The molecule has 0 fully saturated rings. The van der Waals surface area contributed by atoms with E-state index in [2.05, 4.69) is 5.32 Å². The fourth-order valence-electron chi connectivity index (χ4n) is 6.04. The molecule has 0 aliphatic carbocycles. The number of nitrogens with one attached hydrogen (secondary N) is 1. The van der Waals surface area contributed by atoms with Crippen LogP contribution in [0.25, 0.3) is 10.9 Å². The molecule has 4 aromatic carbocycles. The molecule has 43 heavy (non-hydrogen) atoms. The highest BCUT2D eigenvalue weighted by Crippen LogP contribution is 2.52. The molecule has 0 spiro atoms. The van der Waals surface area contributed by atoms with E-state index in [0.717, 1.165) is 27.6 Å². The number of rotatable bonds is 7. The second-order valence-electron chi connectivity index (χ2n) is 10.9. The van der Waals surface area contributed by atoms with Crippen molar-refractivity contribution < 1.29 is 27.4 Å². The first-order valence-corrected chi connectivity index (χ1v) is 15.6. The van der Waals surface area contributed by atoms with Crippen LogP contribution in [0.2, 0.25) is 0 Å². The number of carbonyl (C=O) groups excluding carboxylic acids is 1. The van der Waals surface area contributed by atoms with Gasteiger partial charge in [0.1, 0.15) is 24.4 Å². The molecular formula is C34H30N2O6S. The van der Waals surface area contributed by atoms with Crippen LogP contribution < -0.4 is 19.5 Å². The lowest BCUT2D eigenvalue weighted by molar-refractivity contribution is -0.124. The van der Waals surface area contributed by atoms with E-state index in [1.807, 2.05) is 55.5 Å². The molecule has 1 aromatic heterocycles. The van der Waals surface area contributed by atoms with Crippen molar-refractivity contribution in [3.05, 3.63) is 119 Å². The Bertz CT molecular complexity index is 1970. The molecule has 7 rings (SSSR count). The lowest BCUT2D eigenvalue weighted by Gasteiger charge is -2.22. The summed E-state index contributed by atoms with van der Waals surface area (Å²) >= 11 is 0. The van der Waals surface area contributed by atoms with E-state index in [1.54, 1.807) is 49.7 Å². The maximum absolute atomic E-state index is 13.8. The average molecular weight is 595 g/mol. The van der Waals surface area contributed by atoms with Gasteiger partial charge in [-0.3, -0.25) is 4.79 Å². The molecule has 0 saturated heterocycles. The summed E-state index contributed by atoms with van der Waals surface area (Å²) in [6.45, 7) is 2.68. The molecule has 3 heterocycles. The maximum Gasteiger partial charge on any atom is 0.268 e. The number of nitrogens with zero attached hydrogens (tertiary/aromatic N) is 1. The molecule has 2 atom stereocenters. The number of hydrogen-bond donors (Lipinski definition) is 1. The van der Waals surface area contributed by atoms with Crippen molar-refractivity contribution in [2.75, 3.05) is 13.7 Å². The summed E-state index contributed by atoms with van der Waals surface area (Å²) in [6, 6.07) is 25.8. The van der Waals surface area contributed by atoms with Gasteiger partial charge in [0.25, 0.3) is 10.0 Å². The van der Waals surface area contributed by atoms with Crippen LogP contribution in [0.4, 0.5) is 0 Å². The van der Waals surface area contributed by atoms with Crippen LogP contribution in [0.15, 0.2) is 96.0 Å². The fourth-order valence-corrected chi connectivity index (χ4v) is 7.42. The van der Waals surface area contributed by atoms with Gasteiger partial charge < -0.3 is 19.5 Å². The van der Waals surface area contributed by atoms with E-state index >= 15 is 0 Å². The summed E-state index contributed by atoms with van der Waals surface area (Å²) in [5.74, 6) is 0.821. The van der Waals surface area contributed by atoms with Crippen molar-refractivity contribution >= 4 is 26.8 Å². The predicted molar refractivity (Wildman–Crippen MR) is 162 cm³/mol. The number of aromatic nitrogens is 1. The highest BCUT2D eigenvalue weighted by atomic mass is 32.2. The van der Waals surface area contributed by atoms with Crippen molar-refractivity contribution in [1.82, 2.24) is 9.29 Å². The Kier molecular flexibility index (Phi) is 6.62. The lowest BCUT2D eigenvalue weighted by atomic mass is 9.86. The topological polar surface area (TPSA) is 95.9 Å². The molecule has 2 aliphatic heterocycles. The molecule has 0 radical (unpaired) electrons. The molecule has 1 amide bonds. The van der Waals surface area contributed by atoms with E-state index in [1.165, 1.54) is 3.97 Å². The van der Waals surface area contributed by atoms with E-state index < -0.39 is 22.0 Å². The van der Waals surface area contributed by atoms with Crippen LogP contribution in [-0.2, 0) is 27.8 Å². The standard InChI is InChI=1S/C34H30N2O6S/c1-21-8-11-25(12-9-21)43(38,39)36-19-24-16-17-35-34(37)32-31-28(15-13-26(36)30(24)31)42-33(32)23-10-14-27(29(18-23)40-2)41-20-22-6-4-3-5-7-22/h3-15,18-19,32-33H,16-17,20H2,1-2H3,(H,35,37)/t32-,33+/m1/s1. The highest BCUT2D eigenvalue weighted by Gasteiger charge is 2.44. The second-order valence-corrected chi connectivity index (χ2v) is 12.7. The molecule has 9 heteroatoms. The Hall–Kier alpha value is -4.76. The summed E-state index contributed by atoms with van der Waals surface area (Å²) in [5, 5.41) is 3.79. The fraction of sp³-hybridized carbons (Fsp3) is 0.206. The monoisotopic (exact) mass is 594 g/mol.